The van der Waals surface area contributed by atoms with Gasteiger partial charge in [-0.15, -0.1) is 0 Å². The first-order valence-electron chi connectivity index (χ1n) is 6.02. The molecule has 2 fully saturated rings. The van der Waals surface area contributed by atoms with Gasteiger partial charge in [0.15, 0.2) is 5.78 Å². The molecule has 0 saturated heterocycles. The number of methoxy groups -OCH3 is 1. The van der Waals surface area contributed by atoms with E-state index < -0.39 is 5.60 Å². The Morgan fingerprint density at radius 1 is 1.27 bits per heavy atom. The Morgan fingerprint density at radius 2 is 2.13 bits per heavy atom. The number of carbonyl (C=O) groups is 1. The second kappa shape index (κ2) is 2.94. The molecule has 0 radical (unpaired) electrons. The van der Waals surface area contributed by atoms with Gasteiger partial charge >= 0.3 is 0 Å². The largest absolute Gasteiger partial charge is 0.370 e. The third kappa shape index (κ3) is 1.12. The Bertz CT molecular complexity index is 344. The van der Waals surface area contributed by atoms with Crippen molar-refractivity contribution in [3.63, 3.8) is 0 Å². The molecule has 0 aromatic rings. The zero-order chi connectivity index (χ0) is 10.5. The van der Waals surface area contributed by atoms with E-state index in [2.05, 4.69) is 0 Å². The van der Waals surface area contributed by atoms with Crippen LogP contribution in [0.25, 0.3) is 0 Å². The maximum absolute atomic E-state index is 12.1. The lowest BCUT2D eigenvalue weighted by atomic mass is 9.65. The minimum atomic E-state index is -0.444. The third-order valence-electron chi connectivity index (χ3n) is 4.81. The van der Waals surface area contributed by atoms with Crippen LogP contribution in [0.15, 0.2) is 11.6 Å². The monoisotopic (exact) mass is 206 g/mol. The molecule has 2 bridgehead atoms. The summed E-state index contributed by atoms with van der Waals surface area (Å²) < 4.78 is 5.53. The van der Waals surface area contributed by atoms with Gasteiger partial charge in [-0.2, -0.15) is 0 Å². The van der Waals surface area contributed by atoms with E-state index in [4.69, 9.17) is 4.74 Å². The zero-order valence-electron chi connectivity index (χ0n) is 9.34. The molecule has 0 heterocycles. The first-order chi connectivity index (χ1) is 7.21. The highest BCUT2D eigenvalue weighted by molar-refractivity contribution is 5.99. The third-order valence-corrected chi connectivity index (χ3v) is 4.81. The molecule has 0 aromatic heterocycles. The fourth-order valence-electron chi connectivity index (χ4n) is 3.86. The lowest BCUT2D eigenvalue weighted by Crippen LogP contribution is -2.43. The Balaban J connectivity index is 2.06. The summed E-state index contributed by atoms with van der Waals surface area (Å²) in [7, 11) is 1.69. The van der Waals surface area contributed by atoms with Gasteiger partial charge in [-0.3, -0.25) is 4.79 Å². The summed E-state index contributed by atoms with van der Waals surface area (Å²) in [5.41, 5.74) is 1.34. The number of fused-ring (bicyclic) bond motifs is 1. The predicted octanol–water partition coefficient (Wildman–Crippen LogP) is 2.63. The van der Waals surface area contributed by atoms with Crippen molar-refractivity contribution in [2.24, 2.45) is 5.41 Å². The highest BCUT2D eigenvalue weighted by Crippen LogP contribution is 2.59. The van der Waals surface area contributed by atoms with Crippen molar-refractivity contribution in [3.05, 3.63) is 11.6 Å². The molecule has 0 unspecified atom stereocenters. The van der Waals surface area contributed by atoms with Gasteiger partial charge in [-0.05, 0) is 50.0 Å². The van der Waals surface area contributed by atoms with Gasteiger partial charge in [0.2, 0.25) is 0 Å². The van der Waals surface area contributed by atoms with E-state index in [1.165, 1.54) is 31.3 Å². The molecular formula is C13H18O2. The van der Waals surface area contributed by atoms with Gasteiger partial charge in [0.1, 0.15) is 5.60 Å². The molecule has 0 aliphatic heterocycles. The van der Waals surface area contributed by atoms with E-state index in [9.17, 15) is 4.79 Å². The average molecular weight is 206 g/mol. The standard InChI is InChI=1S/C13H18O2/c1-15-13-7-6-12(9-13)5-3-2-4-10(12)8-11(13)14/h8H,2-7,9H2,1H3/t12-,13-/m1/s1. The molecule has 15 heavy (non-hydrogen) atoms. The minimum Gasteiger partial charge on any atom is -0.370 e. The molecular weight excluding hydrogens is 188 g/mol. The van der Waals surface area contributed by atoms with Crippen LogP contribution in [0.4, 0.5) is 0 Å². The Labute approximate surface area is 90.7 Å². The van der Waals surface area contributed by atoms with Crippen LogP contribution in [0.5, 0.6) is 0 Å². The van der Waals surface area contributed by atoms with Crippen molar-refractivity contribution in [1.29, 1.82) is 0 Å². The molecule has 1 spiro atoms. The van der Waals surface area contributed by atoms with Crippen LogP contribution in [0.1, 0.15) is 44.9 Å². The number of ether oxygens (including phenoxy) is 1. The van der Waals surface area contributed by atoms with Crippen molar-refractivity contribution in [3.8, 4) is 0 Å². The van der Waals surface area contributed by atoms with Crippen molar-refractivity contribution < 1.29 is 9.53 Å². The smallest absolute Gasteiger partial charge is 0.187 e. The number of hydrogen-bond acceptors (Lipinski definition) is 2. The van der Waals surface area contributed by atoms with Gasteiger partial charge in [-0.1, -0.05) is 12.0 Å². The van der Waals surface area contributed by atoms with Gasteiger partial charge in [0, 0.05) is 7.11 Å². The van der Waals surface area contributed by atoms with Crippen LogP contribution in [0, 0.1) is 5.41 Å². The fourth-order valence-corrected chi connectivity index (χ4v) is 3.86. The lowest BCUT2D eigenvalue weighted by molar-refractivity contribution is -0.137. The topological polar surface area (TPSA) is 26.3 Å². The molecule has 0 aromatic carbocycles. The summed E-state index contributed by atoms with van der Waals surface area (Å²) >= 11 is 0. The second-order valence-corrected chi connectivity index (χ2v) is 5.40. The van der Waals surface area contributed by atoms with Gasteiger partial charge in [0.05, 0.1) is 0 Å². The van der Waals surface area contributed by atoms with E-state index in [-0.39, 0.29) is 5.78 Å². The van der Waals surface area contributed by atoms with Crippen molar-refractivity contribution >= 4 is 5.78 Å². The average Bonchev–Trinajstić information content (AvgIpc) is 2.59. The van der Waals surface area contributed by atoms with E-state index in [1.54, 1.807) is 7.11 Å². The number of allylic oxidation sites excluding steroid dienone is 1. The Morgan fingerprint density at radius 3 is 2.93 bits per heavy atom. The maximum atomic E-state index is 12.1. The van der Waals surface area contributed by atoms with Crippen LogP contribution in [0.3, 0.4) is 0 Å². The zero-order valence-corrected chi connectivity index (χ0v) is 9.34. The van der Waals surface area contributed by atoms with Crippen LogP contribution < -0.4 is 0 Å². The van der Waals surface area contributed by atoms with Crippen molar-refractivity contribution in [2.75, 3.05) is 7.11 Å². The SMILES string of the molecule is CO[C@@]12CC[C@]3(CCCCC3=CC1=O)C2. The number of carbonyl (C=O) groups excluding carboxylic acids is 1. The molecule has 3 aliphatic carbocycles. The number of ketones is 1. The second-order valence-electron chi connectivity index (χ2n) is 5.40. The molecule has 0 amide bonds. The maximum Gasteiger partial charge on any atom is 0.187 e. The van der Waals surface area contributed by atoms with Crippen LogP contribution in [-0.4, -0.2) is 18.5 Å². The lowest BCUT2D eigenvalue weighted by Gasteiger charge is -2.41. The highest BCUT2D eigenvalue weighted by Gasteiger charge is 2.56. The molecule has 3 rings (SSSR count). The molecule has 2 saturated carbocycles. The van der Waals surface area contributed by atoms with E-state index in [0.717, 1.165) is 19.3 Å². The summed E-state index contributed by atoms with van der Waals surface area (Å²) in [5, 5.41) is 0. The van der Waals surface area contributed by atoms with Gasteiger partial charge < -0.3 is 4.74 Å². The van der Waals surface area contributed by atoms with Crippen molar-refractivity contribution in [1.82, 2.24) is 0 Å². The number of hydrogen-bond donors (Lipinski definition) is 0. The van der Waals surface area contributed by atoms with Crippen LogP contribution >= 0.6 is 0 Å². The van der Waals surface area contributed by atoms with E-state index in [0.29, 0.717) is 5.41 Å². The summed E-state index contributed by atoms with van der Waals surface area (Å²) in [6.45, 7) is 0. The summed E-state index contributed by atoms with van der Waals surface area (Å²) in [4.78, 5) is 12.1. The van der Waals surface area contributed by atoms with Crippen LogP contribution in [-0.2, 0) is 9.53 Å². The highest BCUT2D eigenvalue weighted by atomic mass is 16.5. The molecule has 2 heteroatoms. The van der Waals surface area contributed by atoms with E-state index in [1.807, 2.05) is 6.08 Å². The first-order valence-corrected chi connectivity index (χ1v) is 6.02. The van der Waals surface area contributed by atoms with Gasteiger partial charge in [0.25, 0.3) is 0 Å². The summed E-state index contributed by atoms with van der Waals surface area (Å²) in [5.74, 6) is 0.232. The molecule has 82 valence electrons. The Hall–Kier alpha value is -0.630. The fraction of sp³-hybridized carbons (Fsp3) is 0.769. The summed E-state index contributed by atoms with van der Waals surface area (Å²) in [6.07, 6.45) is 9.98. The normalized spacial score (nSPS) is 43.8. The quantitative estimate of drug-likeness (QED) is 0.659. The first kappa shape index (κ1) is 9.59. The Kier molecular flexibility index (Phi) is 1.88. The summed E-state index contributed by atoms with van der Waals surface area (Å²) in [6, 6.07) is 0. The van der Waals surface area contributed by atoms with Crippen LogP contribution in [0.2, 0.25) is 0 Å². The van der Waals surface area contributed by atoms with Crippen molar-refractivity contribution in [2.45, 2.75) is 50.5 Å². The number of rotatable bonds is 1. The minimum absolute atomic E-state index is 0.232. The molecule has 0 N–H and O–H groups in total. The van der Waals surface area contributed by atoms with Gasteiger partial charge in [-0.25, -0.2) is 0 Å². The van der Waals surface area contributed by atoms with E-state index >= 15 is 0 Å². The molecule has 2 nitrogen and oxygen atoms in total. The predicted molar refractivity (Wildman–Crippen MR) is 57.6 cm³/mol. The molecule has 2 atom stereocenters. The molecule has 3 aliphatic rings.